The topological polar surface area (TPSA) is 73.9 Å². The Morgan fingerprint density at radius 1 is 1.56 bits per heavy atom. The van der Waals surface area contributed by atoms with E-state index >= 15 is 0 Å². The fourth-order valence-corrected chi connectivity index (χ4v) is 1.94. The second-order valence-corrected chi connectivity index (χ2v) is 4.85. The summed E-state index contributed by atoms with van der Waals surface area (Å²) >= 11 is 3.19. The maximum Gasteiger partial charge on any atom is 0.327 e. The second kappa shape index (κ2) is 5.97. The summed E-state index contributed by atoms with van der Waals surface area (Å²) in [4.78, 5) is 16.7. The van der Waals surface area contributed by atoms with E-state index in [-0.39, 0.29) is 6.61 Å². The zero-order valence-electron chi connectivity index (χ0n) is 9.58. The number of nitrogens with zero attached hydrogens (tertiary/aromatic N) is 1. The summed E-state index contributed by atoms with van der Waals surface area (Å²) in [6, 6.07) is 8.60. The van der Waals surface area contributed by atoms with E-state index in [0.717, 1.165) is 5.56 Å². The first kappa shape index (κ1) is 13.0. The van der Waals surface area contributed by atoms with Gasteiger partial charge in [-0.1, -0.05) is 35.5 Å². The Kier molecular flexibility index (Phi) is 4.33. The predicted octanol–water partition coefficient (Wildman–Crippen LogP) is 1.55. The number of halogens is 1. The highest BCUT2D eigenvalue weighted by Gasteiger charge is 2.32. The first-order valence-corrected chi connectivity index (χ1v) is 6.30. The smallest absolute Gasteiger partial charge is 0.327 e. The molecule has 0 fully saturated rings. The Morgan fingerprint density at radius 2 is 2.28 bits per heavy atom. The summed E-state index contributed by atoms with van der Waals surface area (Å²) < 4.78 is 5.78. The van der Waals surface area contributed by atoms with Crippen molar-refractivity contribution in [1.82, 2.24) is 0 Å². The van der Waals surface area contributed by atoms with Crippen LogP contribution in [0.2, 0.25) is 0 Å². The van der Waals surface area contributed by atoms with Crippen molar-refractivity contribution < 1.29 is 14.4 Å². The molecule has 18 heavy (non-hydrogen) atoms. The summed E-state index contributed by atoms with van der Waals surface area (Å²) in [5.74, 6) is -0.485. The van der Waals surface area contributed by atoms with E-state index in [4.69, 9.17) is 15.3 Å². The minimum absolute atomic E-state index is 0.210. The highest BCUT2D eigenvalue weighted by Crippen LogP contribution is 2.17. The number of rotatable bonds is 4. The summed E-state index contributed by atoms with van der Waals surface area (Å²) in [5.41, 5.74) is 6.67. The molecule has 0 radical (unpaired) electrons. The van der Waals surface area contributed by atoms with Crippen LogP contribution in [0.15, 0.2) is 35.5 Å². The second-order valence-electron chi connectivity index (χ2n) is 3.93. The highest BCUT2D eigenvalue weighted by molar-refractivity contribution is 9.18. The number of carbonyl (C=O) groups excluding carboxylic acids is 1. The molecule has 6 heteroatoms. The van der Waals surface area contributed by atoms with Crippen LogP contribution in [0.3, 0.4) is 0 Å². The van der Waals surface area contributed by atoms with Crippen molar-refractivity contribution >= 4 is 26.5 Å². The Balaban J connectivity index is 1.81. The normalized spacial score (nSPS) is 19.9. The number of benzene rings is 1. The molecule has 1 aromatic carbocycles. The maximum absolute atomic E-state index is 11.7. The van der Waals surface area contributed by atoms with Gasteiger partial charge in [0.05, 0.1) is 0 Å². The van der Waals surface area contributed by atoms with Crippen molar-refractivity contribution in [3.8, 4) is 0 Å². The molecular formula is C12H13BrN2O3. The highest BCUT2D eigenvalue weighted by atomic mass is 79.9. The van der Waals surface area contributed by atoms with Crippen LogP contribution in [-0.2, 0) is 21.0 Å². The van der Waals surface area contributed by atoms with Crippen LogP contribution in [0.4, 0.5) is 0 Å². The molecule has 0 bridgehead atoms. The van der Waals surface area contributed by atoms with Crippen molar-refractivity contribution in [3.63, 3.8) is 0 Å². The first-order chi connectivity index (χ1) is 8.66. The van der Waals surface area contributed by atoms with E-state index in [1.165, 1.54) is 0 Å². The van der Waals surface area contributed by atoms with Crippen LogP contribution in [0.5, 0.6) is 0 Å². The number of esters is 1. The van der Waals surface area contributed by atoms with E-state index in [1.54, 1.807) is 0 Å². The van der Waals surface area contributed by atoms with E-state index in [2.05, 4.69) is 21.1 Å². The third-order valence-electron chi connectivity index (χ3n) is 2.55. The molecule has 0 saturated carbocycles. The number of ether oxygens (including phenoxy) is 1. The summed E-state index contributed by atoms with van der Waals surface area (Å²) in [5, 5.41) is 3.68. The zero-order chi connectivity index (χ0) is 13.0. The lowest BCUT2D eigenvalue weighted by Crippen LogP contribution is -2.42. The number of carbonyl (C=O) groups is 1. The van der Waals surface area contributed by atoms with Gasteiger partial charge < -0.3 is 15.3 Å². The van der Waals surface area contributed by atoms with Crippen LogP contribution in [0.25, 0.3) is 0 Å². The molecule has 0 spiro atoms. The van der Waals surface area contributed by atoms with Crippen molar-refractivity contribution in [3.05, 3.63) is 35.9 Å². The molecule has 1 heterocycles. The van der Waals surface area contributed by atoms with Crippen LogP contribution in [-0.4, -0.2) is 22.7 Å². The van der Waals surface area contributed by atoms with Crippen LogP contribution >= 0.6 is 15.9 Å². The Bertz CT molecular complexity index is 450. The molecule has 0 unspecified atom stereocenters. The minimum Gasteiger partial charge on any atom is -0.460 e. The minimum atomic E-state index is -0.826. The molecule has 2 atom stereocenters. The van der Waals surface area contributed by atoms with Crippen molar-refractivity contribution in [2.75, 3.05) is 0 Å². The molecule has 0 aliphatic carbocycles. The monoisotopic (exact) mass is 312 g/mol. The molecule has 1 aliphatic heterocycles. The Hall–Kier alpha value is -1.40. The van der Waals surface area contributed by atoms with E-state index in [0.29, 0.717) is 11.0 Å². The molecule has 2 N–H and O–H groups in total. The van der Waals surface area contributed by atoms with E-state index < -0.39 is 18.1 Å². The molecule has 0 saturated heterocycles. The lowest BCUT2D eigenvalue weighted by Gasteiger charge is -2.15. The van der Waals surface area contributed by atoms with Gasteiger partial charge >= 0.3 is 5.97 Å². The van der Waals surface area contributed by atoms with Gasteiger partial charge in [-0.3, -0.25) is 4.79 Å². The summed E-state index contributed by atoms with van der Waals surface area (Å²) in [7, 11) is 0. The number of oxime groups is 1. The largest absolute Gasteiger partial charge is 0.460 e. The predicted molar refractivity (Wildman–Crippen MR) is 70.1 cm³/mol. The molecule has 5 nitrogen and oxygen atoms in total. The maximum atomic E-state index is 11.7. The SMILES string of the molecule is N[C@H](C(=O)OCc1ccccc1)[C@@H]1CC(Br)=NO1. The van der Waals surface area contributed by atoms with Crippen LogP contribution < -0.4 is 5.73 Å². The number of nitrogens with two attached hydrogens (primary N) is 1. The fourth-order valence-electron chi connectivity index (χ4n) is 1.53. The quantitative estimate of drug-likeness (QED) is 0.856. The fraction of sp³-hybridized carbons (Fsp3) is 0.333. The first-order valence-electron chi connectivity index (χ1n) is 5.51. The lowest BCUT2D eigenvalue weighted by atomic mass is 10.1. The standard InChI is InChI=1S/C12H13BrN2O3/c13-10-6-9(18-15-10)11(14)12(16)17-7-8-4-2-1-3-5-8/h1-5,9,11H,6-7,14H2/t9-,11-/m0/s1. The van der Waals surface area contributed by atoms with Crippen LogP contribution in [0.1, 0.15) is 12.0 Å². The van der Waals surface area contributed by atoms with Crippen molar-refractivity contribution in [2.45, 2.75) is 25.2 Å². The number of hydrogen-bond acceptors (Lipinski definition) is 5. The molecule has 1 aromatic rings. The van der Waals surface area contributed by atoms with Gasteiger partial charge in [0.25, 0.3) is 0 Å². The average Bonchev–Trinajstić information content (AvgIpc) is 2.83. The Morgan fingerprint density at radius 3 is 2.89 bits per heavy atom. The molecule has 2 rings (SSSR count). The van der Waals surface area contributed by atoms with Crippen molar-refractivity contribution in [2.24, 2.45) is 10.9 Å². The van der Waals surface area contributed by atoms with Gasteiger partial charge in [0.15, 0.2) is 6.10 Å². The van der Waals surface area contributed by atoms with Gasteiger partial charge in [-0.2, -0.15) is 0 Å². The third kappa shape index (κ3) is 3.30. The van der Waals surface area contributed by atoms with E-state index in [1.807, 2.05) is 30.3 Å². The summed E-state index contributed by atoms with van der Waals surface area (Å²) in [6.07, 6.45) is 0.0318. The van der Waals surface area contributed by atoms with E-state index in [9.17, 15) is 4.79 Å². The molecule has 96 valence electrons. The van der Waals surface area contributed by atoms with Gasteiger partial charge in [-0.25, -0.2) is 0 Å². The van der Waals surface area contributed by atoms with Gasteiger partial charge in [0.1, 0.15) is 17.3 Å². The van der Waals surface area contributed by atoms with Gasteiger partial charge in [-0.15, -0.1) is 0 Å². The van der Waals surface area contributed by atoms with Crippen LogP contribution in [0, 0.1) is 0 Å². The third-order valence-corrected chi connectivity index (χ3v) is 3.02. The zero-order valence-corrected chi connectivity index (χ0v) is 11.2. The lowest BCUT2D eigenvalue weighted by molar-refractivity contribution is -0.150. The molecular weight excluding hydrogens is 300 g/mol. The van der Waals surface area contributed by atoms with Gasteiger partial charge in [-0.05, 0) is 21.5 Å². The van der Waals surface area contributed by atoms with Gasteiger partial charge in [0.2, 0.25) is 0 Å². The molecule has 0 amide bonds. The van der Waals surface area contributed by atoms with Crippen molar-refractivity contribution in [1.29, 1.82) is 0 Å². The Labute approximate surface area is 113 Å². The molecule has 1 aliphatic rings. The average molecular weight is 313 g/mol. The number of hydrogen-bond donors (Lipinski definition) is 1. The molecule has 0 aromatic heterocycles. The summed E-state index contributed by atoms with van der Waals surface area (Å²) in [6.45, 7) is 0.210. The van der Waals surface area contributed by atoms with Gasteiger partial charge in [0, 0.05) is 6.42 Å².